The molecule has 0 aromatic heterocycles. The molecule has 0 bridgehead atoms. The quantitative estimate of drug-likeness (QED) is 0.652. The maximum absolute atomic E-state index is 11.2. The maximum atomic E-state index is 11.2. The van der Waals surface area contributed by atoms with Crippen molar-refractivity contribution in [3.8, 4) is 16.9 Å². The van der Waals surface area contributed by atoms with Crippen LogP contribution in [0, 0.1) is 20.2 Å². The highest BCUT2D eigenvalue weighted by Gasteiger charge is 2.25. The van der Waals surface area contributed by atoms with Crippen molar-refractivity contribution in [2.45, 2.75) is 0 Å². The summed E-state index contributed by atoms with van der Waals surface area (Å²) in [5.74, 6) is -1.62. The molecule has 0 aliphatic carbocycles. The molecule has 0 radical (unpaired) electrons. The van der Waals surface area contributed by atoms with E-state index in [-0.39, 0.29) is 22.4 Å². The van der Waals surface area contributed by atoms with Gasteiger partial charge in [0, 0.05) is 12.1 Å². The van der Waals surface area contributed by atoms with Crippen LogP contribution in [-0.4, -0.2) is 26.0 Å². The second-order valence-corrected chi connectivity index (χ2v) is 4.25. The average molecular weight is 304 g/mol. The first-order valence-electron chi connectivity index (χ1n) is 5.80. The molecule has 0 unspecified atom stereocenters. The minimum Gasteiger partial charge on any atom is -0.508 e. The van der Waals surface area contributed by atoms with E-state index in [0.717, 1.165) is 18.2 Å². The van der Waals surface area contributed by atoms with E-state index in [1.807, 2.05) is 0 Å². The van der Waals surface area contributed by atoms with Crippen molar-refractivity contribution in [2.75, 3.05) is 0 Å². The summed E-state index contributed by atoms with van der Waals surface area (Å²) in [6.07, 6.45) is 0. The molecule has 0 heterocycles. The molecule has 0 aliphatic rings. The van der Waals surface area contributed by atoms with Gasteiger partial charge >= 0.3 is 17.3 Å². The molecule has 112 valence electrons. The summed E-state index contributed by atoms with van der Waals surface area (Å²) < 4.78 is 0. The van der Waals surface area contributed by atoms with E-state index < -0.39 is 27.2 Å². The van der Waals surface area contributed by atoms with Gasteiger partial charge in [-0.3, -0.25) is 20.2 Å². The summed E-state index contributed by atoms with van der Waals surface area (Å²) >= 11 is 0. The number of hydrogen-bond donors (Lipinski definition) is 2. The van der Waals surface area contributed by atoms with Crippen molar-refractivity contribution in [1.29, 1.82) is 0 Å². The maximum Gasteiger partial charge on any atom is 0.346 e. The van der Waals surface area contributed by atoms with Crippen LogP contribution in [0.15, 0.2) is 36.4 Å². The highest BCUT2D eigenvalue weighted by atomic mass is 16.6. The third-order valence-electron chi connectivity index (χ3n) is 2.91. The predicted molar refractivity (Wildman–Crippen MR) is 73.8 cm³/mol. The Morgan fingerprint density at radius 1 is 0.955 bits per heavy atom. The summed E-state index contributed by atoms with van der Waals surface area (Å²) in [5.41, 5.74) is -1.49. The van der Waals surface area contributed by atoms with Gasteiger partial charge in [-0.25, -0.2) is 4.79 Å². The van der Waals surface area contributed by atoms with Gasteiger partial charge in [-0.05, 0) is 35.4 Å². The van der Waals surface area contributed by atoms with Gasteiger partial charge in [-0.1, -0.05) is 0 Å². The van der Waals surface area contributed by atoms with Crippen molar-refractivity contribution >= 4 is 17.3 Å². The lowest BCUT2D eigenvalue weighted by atomic mass is 9.98. The summed E-state index contributed by atoms with van der Waals surface area (Å²) in [4.78, 5) is 31.1. The smallest absolute Gasteiger partial charge is 0.346 e. The number of benzene rings is 2. The number of carboxylic acids is 1. The van der Waals surface area contributed by atoms with Crippen molar-refractivity contribution < 1.29 is 24.9 Å². The van der Waals surface area contributed by atoms with E-state index in [9.17, 15) is 30.1 Å². The molecule has 2 N–H and O–H groups in total. The Morgan fingerprint density at radius 3 is 2.14 bits per heavy atom. The zero-order valence-electron chi connectivity index (χ0n) is 10.8. The first kappa shape index (κ1) is 14.9. The lowest BCUT2D eigenvalue weighted by Gasteiger charge is -2.07. The minimum atomic E-state index is -1.34. The molecule has 0 saturated carbocycles. The Labute approximate surface area is 122 Å². The lowest BCUT2D eigenvalue weighted by molar-refractivity contribution is -0.422. The number of carbonyl (C=O) groups is 1. The first-order chi connectivity index (χ1) is 10.3. The third kappa shape index (κ3) is 2.68. The lowest BCUT2D eigenvalue weighted by Crippen LogP contribution is -2.01. The van der Waals surface area contributed by atoms with Crippen molar-refractivity contribution in [1.82, 2.24) is 0 Å². The molecule has 2 aromatic rings. The van der Waals surface area contributed by atoms with E-state index in [4.69, 9.17) is 5.11 Å². The zero-order chi connectivity index (χ0) is 16.4. The highest BCUT2D eigenvalue weighted by molar-refractivity contribution is 5.97. The SMILES string of the molecule is O=C(O)c1cc(O)ccc1-c1ccc([N+](=O)[O-])c([N+](=O)[O-])c1. The van der Waals surface area contributed by atoms with Gasteiger partial charge in [0.1, 0.15) is 5.75 Å². The Bertz CT molecular complexity index is 801. The van der Waals surface area contributed by atoms with Gasteiger partial charge < -0.3 is 10.2 Å². The molecule has 0 atom stereocenters. The largest absolute Gasteiger partial charge is 0.508 e. The van der Waals surface area contributed by atoms with Crippen LogP contribution in [-0.2, 0) is 0 Å². The van der Waals surface area contributed by atoms with Gasteiger partial charge in [-0.2, -0.15) is 0 Å². The molecule has 0 saturated heterocycles. The summed E-state index contributed by atoms with van der Waals surface area (Å²) in [6.45, 7) is 0. The fourth-order valence-electron chi connectivity index (χ4n) is 1.95. The molecular weight excluding hydrogens is 296 g/mol. The zero-order valence-corrected chi connectivity index (χ0v) is 10.8. The van der Waals surface area contributed by atoms with Crippen LogP contribution in [0.1, 0.15) is 10.4 Å². The Hall–Kier alpha value is -3.49. The number of aromatic carboxylic acids is 1. The number of phenolic OH excluding ortho intramolecular Hbond substituents is 1. The number of rotatable bonds is 4. The van der Waals surface area contributed by atoms with Crippen LogP contribution < -0.4 is 0 Å². The second kappa shape index (κ2) is 5.48. The standard InChI is InChI=1S/C13H8N2O7/c16-8-2-3-9(10(6-8)13(17)18)7-1-4-11(14(19)20)12(5-7)15(21)22/h1-6,16H,(H,17,18). The Balaban J connectivity index is 2.69. The number of aromatic hydroxyl groups is 1. The van der Waals surface area contributed by atoms with Gasteiger partial charge in [0.15, 0.2) is 0 Å². The van der Waals surface area contributed by atoms with Crippen LogP contribution in [0.5, 0.6) is 5.75 Å². The summed E-state index contributed by atoms with van der Waals surface area (Å²) in [5, 5.41) is 40.1. The van der Waals surface area contributed by atoms with Crippen LogP contribution in [0.25, 0.3) is 11.1 Å². The van der Waals surface area contributed by atoms with E-state index in [0.29, 0.717) is 0 Å². The number of nitrogens with zero attached hydrogens (tertiary/aromatic N) is 2. The third-order valence-corrected chi connectivity index (χ3v) is 2.91. The second-order valence-electron chi connectivity index (χ2n) is 4.25. The highest BCUT2D eigenvalue weighted by Crippen LogP contribution is 2.34. The number of nitro benzene ring substituents is 2. The predicted octanol–water partition coefficient (Wildman–Crippen LogP) is 2.57. The summed E-state index contributed by atoms with van der Waals surface area (Å²) in [6, 6.07) is 6.55. The van der Waals surface area contributed by atoms with E-state index in [2.05, 4.69) is 0 Å². The Morgan fingerprint density at radius 2 is 1.59 bits per heavy atom. The van der Waals surface area contributed by atoms with Gasteiger partial charge in [0.2, 0.25) is 0 Å². The number of hydrogen-bond acceptors (Lipinski definition) is 6. The molecule has 2 aromatic carbocycles. The van der Waals surface area contributed by atoms with Gasteiger partial charge in [-0.15, -0.1) is 0 Å². The topological polar surface area (TPSA) is 144 Å². The molecule has 0 spiro atoms. The molecule has 9 heteroatoms. The van der Waals surface area contributed by atoms with Crippen LogP contribution in [0.2, 0.25) is 0 Å². The first-order valence-corrected chi connectivity index (χ1v) is 5.80. The van der Waals surface area contributed by atoms with E-state index in [1.54, 1.807) is 0 Å². The molecule has 9 nitrogen and oxygen atoms in total. The monoisotopic (exact) mass is 304 g/mol. The summed E-state index contributed by atoms with van der Waals surface area (Å²) in [7, 11) is 0. The van der Waals surface area contributed by atoms with E-state index in [1.165, 1.54) is 18.2 Å². The molecule has 0 fully saturated rings. The average Bonchev–Trinajstić information content (AvgIpc) is 2.46. The van der Waals surface area contributed by atoms with Crippen molar-refractivity contribution in [3.05, 3.63) is 62.2 Å². The molecular formula is C13H8N2O7. The van der Waals surface area contributed by atoms with E-state index >= 15 is 0 Å². The van der Waals surface area contributed by atoms with Crippen molar-refractivity contribution in [3.63, 3.8) is 0 Å². The fourth-order valence-corrected chi connectivity index (χ4v) is 1.95. The molecule has 0 aliphatic heterocycles. The van der Waals surface area contributed by atoms with Crippen LogP contribution in [0.3, 0.4) is 0 Å². The molecule has 22 heavy (non-hydrogen) atoms. The minimum absolute atomic E-state index is 0.100. The van der Waals surface area contributed by atoms with Crippen LogP contribution in [0.4, 0.5) is 11.4 Å². The van der Waals surface area contributed by atoms with Crippen molar-refractivity contribution in [2.24, 2.45) is 0 Å². The number of carboxylic acid groups (broad SMARTS) is 1. The van der Waals surface area contributed by atoms with Gasteiger partial charge in [0.05, 0.1) is 15.4 Å². The fraction of sp³-hybridized carbons (Fsp3) is 0. The molecule has 0 amide bonds. The van der Waals surface area contributed by atoms with Gasteiger partial charge in [0.25, 0.3) is 0 Å². The van der Waals surface area contributed by atoms with Crippen LogP contribution >= 0.6 is 0 Å². The number of nitro groups is 2. The Kier molecular flexibility index (Phi) is 3.71. The molecule has 2 rings (SSSR count). The number of phenols is 1. The normalized spacial score (nSPS) is 10.2.